The van der Waals surface area contributed by atoms with E-state index in [1.54, 1.807) is 0 Å². The van der Waals surface area contributed by atoms with E-state index in [1.165, 1.54) is 6.42 Å². The second-order valence-electron chi connectivity index (χ2n) is 5.45. The summed E-state index contributed by atoms with van der Waals surface area (Å²) >= 11 is 0. The number of carbonyl (C=O) groups is 2. The average Bonchev–Trinajstić information content (AvgIpc) is 3.11. The van der Waals surface area contributed by atoms with E-state index in [2.05, 4.69) is 12.2 Å². The van der Waals surface area contributed by atoms with Crippen molar-refractivity contribution in [3.8, 4) is 0 Å². The van der Waals surface area contributed by atoms with Gasteiger partial charge in [-0.05, 0) is 38.5 Å². The molecule has 1 unspecified atom stereocenters. The van der Waals surface area contributed by atoms with Crippen molar-refractivity contribution in [2.24, 2.45) is 0 Å². The number of carbonyl (C=O) groups excluding carboxylic acids is 1. The van der Waals surface area contributed by atoms with Gasteiger partial charge in [0.05, 0.1) is 0 Å². The van der Waals surface area contributed by atoms with Gasteiger partial charge in [0.15, 0.2) is 0 Å². The first-order valence-electron chi connectivity index (χ1n) is 6.91. The molecule has 0 bridgehead atoms. The van der Waals surface area contributed by atoms with Gasteiger partial charge in [-0.25, -0.2) is 9.59 Å². The number of likely N-dealkylation sites (tertiary alicyclic amines) is 1. The van der Waals surface area contributed by atoms with Crippen LogP contribution in [0.5, 0.6) is 0 Å². The van der Waals surface area contributed by atoms with Crippen molar-refractivity contribution in [1.82, 2.24) is 10.2 Å². The van der Waals surface area contributed by atoms with Gasteiger partial charge in [-0.2, -0.15) is 0 Å². The van der Waals surface area contributed by atoms with Crippen LogP contribution < -0.4 is 5.32 Å². The molecule has 1 aliphatic carbocycles. The number of hydrogen-bond donors (Lipinski definition) is 2. The highest BCUT2D eigenvalue weighted by Gasteiger charge is 2.52. The summed E-state index contributed by atoms with van der Waals surface area (Å²) in [4.78, 5) is 25.1. The Balaban J connectivity index is 1.96. The predicted molar refractivity (Wildman–Crippen MR) is 67.4 cm³/mol. The molecule has 0 aromatic heterocycles. The van der Waals surface area contributed by atoms with Crippen LogP contribution in [0.2, 0.25) is 0 Å². The Morgan fingerprint density at radius 1 is 1.39 bits per heavy atom. The van der Waals surface area contributed by atoms with Crippen molar-refractivity contribution in [2.45, 2.75) is 63.5 Å². The number of carboxylic acids is 1. The molecular weight excluding hydrogens is 232 g/mol. The van der Waals surface area contributed by atoms with Crippen LogP contribution >= 0.6 is 0 Å². The van der Waals surface area contributed by atoms with E-state index in [0.717, 1.165) is 32.2 Å². The van der Waals surface area contributed by atoms with Gasteiger partial charge >= 0.3 is 12.0 Å². The van der Waals surface area contributed by atoms with Crippen LogP contribution in [0.4, 0.5) is 4.79 Å². The van der Waals surface area contributed by atoms with Gasteiger partial charge < -0.3 is 15.3 Å². The number of aliphatic carboxylic acids is 1. The van der Waals surface area contributed by atoms with E-state index in [9.17, 15) is 9.59 Å². The lowest BCUT2D eigenvalue weighted by atomic mass is 9.98. The summed E-state index contributed by atoms with van der Waals surface area (Å²) in [6.45, 7) is 2.87. The first kappa shape index (κ1) is 13.2. The zero-order chi connectivity index (χ0) is 13.2. The minimum absolute atomic E-state index is 0.187. The maximum atomic E-state index is 12.2. The molecule has 1 heterocycles. The Morgan fingerprint density at radius 3 is 2.67 bits per heavy atom. The van der Waals surface area contributed by atoms with Crippen molar-refractivity contribution in [1.29, 1.82) is 0 Å². The molecule has 2 fully saturated rings. The first-order chi connectivity index (χ1) is 8.59. The molecule has 0 radical (unpaired) electrons. The lowest BCUT2D eigenvalue weighted by Crippen LogP contribution is -2.54. The largest absolute Gasteiger partial charge is 0.480 e. The van der Waals surface area contributed by atoms with Gasteiger partial charge in [-0.3, -0.25) is 0 Å². The summed E-state index contributed by atoms with van der Waals surface area (Å²) < 4.78 is 0. The van der Waals surface area contributed by atoms with E-state index in [-0.39, 0.29) is 12.1 Å². The average molecular weight is 254 g/mol. The molecule has 18 heavy (non-hydrogen) atoms. The zero-order valence-corrected chi connectivity index (χ0v) is 10.9. The molecule has 1 aliphatic heterocycles. The van der Waals surface area contributed by atoms with E-state index in [4.69, 9.17) is 5.11 Å². The topological polar surface area (TPSA) is 69.6 Å². The molecular formula is C13H22N2O3. The summed E-state index contributed by atoms with van der Waals surface area (Å²) in [6.07, 6.45) is 6.40. The van der Waals surface area contributed by atoms with E-state index in [1.807, 2.05) is 4.90 Å². The van der Waals surface area contributed by atoms with Gasteiger partial charge in [0, 0.05) is 12.6 Å². The van der Waals surface area contributed by atoms with Crippen molar-refractivity contribution in [3.63, 3.8) is 0 Å². The minimum atomic E-state index is -0.967. The molecule has 2 aliphatic rings. The highest BCUT2D eigenvalue weighted by Crippen LogP contribution is 2.36. The molecule has 0 aromatic rings. The van der Waals surface area contributed by atoms with Crippen LogP contribution in [0.3, 0.4) is 0 Å². The normalized spacial score (nSPS) is 25.6. The summed E-state index contributed by atoms with van der Waals surface area (Å²) in [7, 11) is 0. The highest BCUT2D eigenvalue weighted by molar-refractivity contribution is 5.89. The second kappa shape index (κ2) is 5.16. The maximum absolute atomic E-state index is 12.2. The van der Waals surface area contributed by atoms with Crippen LogP contribution in [0, 0.1) is 0 Å². The standard InChI is InChI=1S/C13H22N2O3/c1-2-5-10-6-3-4-9-15(10)12(18)14-13(7-8-13)11(16)17/h10H,2-9H2,1H3,(H,14,18)(H,16,17). The predicted octanol–water partition coefficient (Wildman–Crippen LogP) is 1.97. The molecule has 1 saturated heterocycles. The van der Waals surface area contributed by atoms with E-state index < -0.39 is 11.5 Å². The summed E-state index contributed by atoms with van der Waals surface area (Å²) in [5.74, 6) is -0.903. The van der Waals surface area contributed by atoms with Gasteiger partial charge in [-0.1, -0.05) is 13.3 Å². The summed E-state index contributed by atoms with van der Waals surface area (Å²) in [6, 6.07) is 0.0985. The zero-order valence-electron chi connectivity index (χ0n) is 10.9. The van der Waals surface area contributed by atoms with E-state index in [0.29, 0.717) is 12.8 Å². The fourth-order valence-electron chi connectivity index (χ4n) is 2.70. The Labute approximate surface area is 108 Å². The number of urea groups is 1. The summed E-state index contributed by atoms with van der Waals surface area (Å²) in [5.41, 5.74) is -0.967. The SMILES string of the molecule is CCCC1CCCCN1C(=O)NC1(C(=O)O)CC1. The van der Waals surface area contributed by atoms with E-state index >= 15 is 0 Å². The quantitative estimate of drug-likeness (QED) is 0.805. The molecule has 0 aromatic carbocycles. The fraction of sp³-hybridized carbons (Fsp3) is 0.846. The van der Waals surface area contributed by atoms with Crippen LogP contribution in [-0.2, 0) is 4.79 Å². The van der Waals surface area contributed by atoms with Gasteiger partial charge in [0.25, 0.3) is 0 Å². The molecule has 0 spiro atoms. The lowest BCUT2D eigenvalue weighted by Gasteiger charge is -2.36. The monoisotopic (exact) mass is 254 g/mol. The molecule has 5 nitrogen and oxygen atoms in total. The maximum Gasteiger partial charge on any atom is 0.329 e. The van der Waals surface area contributed by atoms with Crippen LogP contribution in [0.25, 0.3) is 0 Å². The fourth-order valence-corrected chi connectivity index (χ4v) is 2.70. The number of rotatable bonds is 4. The highest BCUT2D eigenvalue weighted by atomic mass is 16.4. The Hall–Kier alpha value is -1.26. The molecule has 1 saturated carbocycles. The number of piperidine rings is 1. The Kier molecular flexibility index (Phi) is 3.78. The Morgan fingerprint density at radius 2 is 2.11 bits per heavy atom. The van der Waals surface area contributed by atoms with Crippen molar-refractivity contribution < 1.29 is 14.7 Å². The third-order valence-corrected chi connectivity index (χ3v) is 4.02. The number of nitrogens with one attached hydrogen (secondary N) is 1. The van der Waals surface area contributed by atoms with Crippen molar-refractivity contribution in [2.75, 3.05) is 6.54 Å². The second-order valence-corrected chi connectivity index (χ2v) is 5.45. The van der Waals surface area contributed by atoms with Crippen molar-refractivity contribution in [3.05, 3.63) is 0 Å². The van der Waals surface area contributed by atoms with Crippen LogP contribution in [0.15, 0.2) is 0 Å². The molecule has 5 heteroatoms. The van der Waals surface area contributed by atoms with Crippen molar-refractivity contribution >= 4 is 12.0 Å². The number of carboxylic acid groups (broad SMARTS) is 1. The third-order valence-electron chi connectivity index (χ3n) is 4.02. The molecule has 1 atom stereocenters. The van der Waals surface area contributed by atoms with Crippen LogP contribution in [-0.4, -0.2) is 40.1 Å². The van der Waals surface area contributed by atoms with Gasteiger partial charge in [0.2, 0.25) is 0 Å². The molecule has 2 N–H and O–H groups in total. The smallest absolute Gasteiger partial charge is 0.329 e. The number of hydrogen-bond acceptors (Lipinski definition) is 2. The molecule has 102 valence electrons. The third kappa shape index (κ3) is 2.60. The molecule has 2 amide bonds. The van der Waals surface area contributed by atoms with Crippen LogP contribution in [0.1, 0.15) is 51.9 Å². The first-order valence-corrected chi connectivity index (χ1v) is 6.91. The number of amides is 2. The Bertz CT molecular complexity index is 337. The lowest BCUT2D eigenvalue weighted by molar-refractivity contribution is -0.140. The molecule has 2 rings (SSSR count). The summed E-state index contributed by atoms with van der Waals surface area (Å²) in [5, 5.41) is 11.8. The van der Waals surface area contributed by atoms with Gasteiger partial charge in [-0.15, -0.1) is 0 Å². The van der Waals surface area contributed by atoms with Gasteiger partial charge in [0.1, 0.15) is 5.54 Å². The minimum Gasteiger partial charge on any atom is -0.480 e. The number of nitrogens with zero attached hydrogens (tertiary/aromatic N) is 1.